The molecule has 0 spiro atoms. The maximum Gasteiger partial charge on any atom is 0.215 e. The van der Waals surface area contributed by atoms with Crippen molar-refractivity contribution < 1.29 is 4.74 Å². The van der Waals surface area contributed by atoms with E-state index < -0.39 is 0 Å². The first-order valence-corrected chi connectivity index (χ1v) is 6.09. The number of hydrogen-bond donors (Lipinski definition) is 1. The van der Waals surface area contributed by atoms with Crippen molar-refractivity contribution in [3.8, 4) is 5.88 Å². The van der Waals surface area contributed by atoms with E-state index in [1.807, 2.05) is 23.0 Å². The minimum Gasteiger partial charge on any atom is -0.481 e. The number of ether oxygens (including phenoxy) is 1. The van der Waals surface area contributed by atoms with Gasteiger partial charge in [-0.05, 0) is 31.0 Å². The van der Waals surface area contributed by atoms with E-state index in [0.717, 1.165) is 24.4 Å². The largest absolute Gasteiger partial charge is 0.481 e. The zero-order valence-electron chi connectivity index (χ0n) is 10.9. The Labute approximate surface area is 107 Å². The minimum atomic E-state index is 0.604. The predicted octanol–water partition coefficient (Wildman–Crippen LogP) is 1.75. The van der Waals surface area contributed by atoms with Gasteiger partial charge in [0.05, 0.1) is 19.9 Å². The number of methoxy groups -OCH3 is 1. The third kappa shape index (κ3) is 2.54. The van der Waals surface area contributed by atoms with Gasteiger partial charge in [-0.3, -0.25) is 0 Å². The van der Waals surface area contributed by atoms with E-state index in [1.54, 1.807) is 7.11 Å². The lowest BCUT2D eigenvalue weighted by molar-refractivity contribution is 0.362. The van der Waals surface area contributed by atoms with E-state index in [1.165, 1.54) is 11.1 Å². The van der Waals surface area contributed by atoms with Crippen molar-refractivity contribution in [2.24, 2.45) is 5.73 Å². The molecule has 0 aliphatic heterocycles. The van der Waals surface area contributed by atoms with Crippen LogP contribution in [0.25, 0.3) is 0 Å². The molecule has 0 aliphatic carbocycles. The quantitative estimate of drug-likeness (QED) is 0.873. The molecule has 0 fully saturated rings. The summed E-state index contributed by atoms with van der Waals surface area (Å²) in [7, 11) is 1.67. The van der Waals surface area contributed by atoms with Crippen LogP contribution in [0.3, 0.4) is 0 Å². The lowest BCUT2D eigenvalue weighted by Crippen LogP contribution is -2.07. The number of aromatic nitrogens is 2. The Kier molecular flexibility index (Phi) is 3.99. The van der Waals surface area contributed by atoms with Crippen LogP contribution < -0.4 is 10.5 Å². The van der Waals surface area contributed by atoms with Crippen molar-refractivity contribution >= 4 is 0 Å². The number of rotatable bonds is 5. The summed E-state index contributed by atoms with van der Waals surface area (Å²) in [4.78, 5) is 0. The third-order valence-electron chi connectivity index (χ3n) is 3.05. The fraction of sp³-hybridized carbons (Fsp3) is 0.357. The van der Waals surface area contributed by atoms with Gasteiger partial charge in [0.25, 0.3) is 0 Å². The van der Waals surface area contributed by atoms with Gasteiger partial charge >= 0.3 is 0 Å². The lowest BCUT2D eigenvalue weighted by atomic mass is 10.1. The van der Waals surface area contributed by atoms with E-state index in [-0.39, 0.29) is 0 Å². The highest BCUT2D eigenvalue weighted by molar-refractivity contribution is 5.29. The highest BCUT2D eigenvalue weighted by Gasteiger charge is 2.11. The molecule has 0 amide bonds. The smallest absolute Gasteiger partial charge is 0.215 e. The van der Waals surface area contributed by atoms with Gasteiger partial charge in [0.1, 0.15) is 0 Å². The highest BCUT2D eigenvalue weighted by atomic mass is 16.5. The van der Waals surface area contributed by atoms with E-state index in [0.29, 0.717) is 6.54 Å². The van der Waals surface area contributed by atoms with Crippen LogP contribution in [-0.2, 0) is 13.0 Å². The van der Waals surface area contributed by atoms with E-state index in [2.05, 4.69) is 24.2 Å². The summed E-state index contributed by atoms with van der Waals surface area (Å²) in [5.74, 6) is 0.809. The molecule has 1 heterocycles. The molecule has 0 atom stereocenters. The SMILES string of the molecule is COc1c(CCN)cnn1Cc1ccccc1C. The van der Waals surface area contributed by atoms with Crippen molar-refractivity contribution in [1.29, 1.82) is 0 Å². The molecule has 4 heteroatoms. The summed E-state index contributed by atoms with van der Waals surface area (Å²) >= 11 is 0. The summed E-state index contributed by atoms with van der Waals surface area (Å²) in [5.41, 5.74) is 9.15. The lowest BCUT2D eigenvalue weighted by Gasteiger charge is -2.09. The van der Waals surface area contributed by atoms with Gasteiger partial charge < -0.3 is 10.5 Å². The molecule has 96 valence electrons. The normalized spacial score (nSPS) is 10.6. The molecular weight excluding hydrogens is 226 g/mol. The van der Waals surface area contributed by atoms with Gasteiger partial charge in [0.2, 0.25) is 5.88 Å². The summed E-state index contributed by atoms with van der Waals surface area (Å²) in [6.07, 6.45) is 2.63. The van der Waals surface area contributed by atoms with Gasteiger partial charge in [0, 0.05) is 5.56 Å². The number of nitrogens with two attached hydrogens (primary N) is 1. The summed E-state index contributed by atoms with van der Waals surface area (Å²) in [5, 5.41) is 4.38. The van der Waals surface area contributed by atoms with Crippen LogP contribution in [-0.4, -0.2) is 23.4 Å². The van der Waals surface area contributed by atoms with Gasteiger partial charge in [-0.1, -0.05) is 24.3 Å². The van der Waals surface area contributed by atoms with E-state index in [4.69, 9.17) is 10.5 Å². The minimum absolute atomic E-state index is 0.604. The molecule has 18 heavy (non-hydrogen) atoms. The van der Waals surface area contributed by atoms with Gasteiger partial charge in [-0.2, -0.15) is 5.10 Å². The number of nitrogens with zero attached hydrogens (tertiary/aromatic N) is 2. The maximum atomic E-state index is 5.58. The molecule has 0 bridgehead atoms. The third-order valence-corrected chi connectivity index (χ3v) is 3.05. The molecule has 2 rings (SSSR count). The fourth-order valence-electron chi connectivity index (χ4n) is 2.04. The van der Waals surface area contributed by atoms with E-state index >= 15 is 0 Å². The Morgan fingerprint density at radius 3 is 2.72 bits per heavy atom. The molecule has 1 aromatic carbocycles. The van der Waals surface area contributed by atoms with Crippen molar-refractivity contribution in [2.45, 2.75) is 19.9 Å². The van der Waals surface area contributed by atoms with Crippen LogP contribution in [0.1, 0.15) is 16.7 Å². The zero-order valence-corrected chi connectivity index (χ0v) is 10.9. The molecule has 2 aromatic rings. The topological polar surface area (TPSA) is 53.1 Å². The fourth-order valence-corrected chi connectivity index (χ4v) is 2.04. The summed E-state index contributed by atoms with van der Waals surface area (Å²) in [6.45, 7) is 3.43. The molecule has 0 unspecified atom stereocenters. The van der Waals surface area contributed by atoms with Crippen molar-refractivity contribution in [2.75, 3.05) is 13.7 Å². The molecular formula is C14H19N3O. The Balaban J connectivity index is 2.27. The first-order valence-electron chi connectivity index (χ1n) is 6.09. The second-order valence-electron chi connectivity index (χ2n) is 4.30. The van der Waals surface area contributed by atoms with Crippen LogP contribution >= 0.6 is 0 Å². The molecule has 4 nitrogen and oxygen atoms in total. The summed E-state index contributed by atoms with van der Waals surface area (Å²) < 4.78 is 7.31. The van der Waals surface area contributed by atoms with Crippen molar-refractivity contribution in [1.82, 2.24) is 9.78 Å². The Bertz CT molecular complexity index is 520. The van der Waals surface area contributed by atoms with Crippen molar-refractivity contribution in [3.05, 3.63) is 47.2 Å². The van der Waals surface area contributed by atoms with Crippen LogP contribution in [0.2, 0.25) is 0 Å². The maximum absolute atomic E-state index is 5.58. The number of aryl methyl sites for hydroxylation is 1. The Hall–Kier alpha value is -1.81. The molecule has 2 N–H and O–H groups in total. The Morgan fingerprint density at radius 1 is 1.28 bits per heavy atom. The number of hydrogen-bond acceptors (Lipinski definition) is 3. The van der Waals surface area contributed by atoms with Crippen LogP contribution in [0, 0.1) is 6.92 Å². The second kappa shape index (κ2) is 5.69. The average Bonchev–Trinajstić information content (AvgIpc) is 2.75. The molecule has 0 saturated heterocycles. The molecule has 0 saturated carbocycles. The predicted molar refractivity (Wildman–Crippen MR) is 71.8 cm³/mol. The first-order chi connectivity index (χ1) is 8.76. The van der Waals surface area contributed by atoms with E-state index in [9.17, 15) is 0 Å². The molecule has 1 aromatic heterocycles. The van der Waals surface area contributed by atoms with Crippen LogP contribution in [0.5, 0.6) is 5.88 Å². The molecule has 0 radical (unpaired) electrons. The number of benzene rings is 1. The monoisotopic (exact) mass is 245 g/mol. The second-order valence-corrected chi connectivity index (χ2v) is 4.30. The summed E-state index contributed by atoms with van der Waals surface area (Å²) in [6, 6.07) is 8.29. The van der Waals surface area contributed by atoms with Crippen LogP contribution in [0.15, 0.2) is 30.5 Å². The first kappa shape index (κ1) is 12.6. The molecule has 0 aliphatic rings. The van der Waals surface area contributed by atoms with Gasteiger partial charge in [-0.25, -0.2) is 4.68 Å². The zero-order chi connectivity index (χ0) is 13.0. The standard InChI is InChI=1S/C14H19N3O/c1-11-5-3-4-6-13(11)10-17-14(18-2)12(7-8-15)9-16-17/h3-6,9H,7-8,10,15H2,1-2H3. The average molecular weight is 245 g/mol. The van der Waals surface area contributed by atoms with Gasteiger partial charge in [0.15, 0.2) is 0 Å². The van der Waals surface area contributed by atoms with Crippen LogP contribution in [0.4, 0.5) is 0 Å². The highest BCUT2D eigenvalue weighted by Crippen LogP contribution is 2.20. The van der Waals surface area contributed by atoms with Gasteiger partial charge in [-0.15, -0.1) is 0 Å². The van der Waals surface area contributed by atoms with Crippen molar-refractivity contribution in [3.63, 3.8) is 0 Å². The Morgan fingerprint density at radius 2 is 2.06 bits per heavy atom.